The summed E-state index contributed by atoms with van der Waals surface area (Å²) in [7, 11) is 0. The van der Waals surface area contributed by atoms with Crippen molar-refractivity contribution >= 4 is 11.3 Å². The molecule has 2 aromatic rings. The lowest BCUT2D eigenvalue weighted by Gasteiger charge is -2.17. The van der Waals surface area contributed by atoms with Gasteiger partial charge < -0.3 is 5.32 Å². The van der Waals surface area contributed by atoms with Crippen molar-refractivity contribution in [1.82, 2.24) is 15.3 Å². The molecule has 96 valence electrons. The zero-order chi connectivity index (χ0) is 13.0. The van der Waals surface area contributed by atoms with Crippen LogP contribution in [-0.2, 0) is 6.42 Å². The number of aromatic nitrogens is 2. The number of hydrogen-bond donors (Lipinski definition) is 1. The maximum Gasteiger partial charge on any atom is 0.0897 e. The van der Waals surface area contributed by atoms with Crippen LogP contribution in [0.4, 0.5) is 0 Å². The summed E-state index contributed by atoms with van der Waals surface area (Å²) in [5, 5.41) is 6.78. The number of likely N-dealkylation sites (N-methyl/N-ethyl adjacent to an activating group) is 1. The Bertz CT molecular complexity index is 507. The molecule has 0 aliphatic carbocycles. The lowest BCUT2D eigenvalue weighted by molar-refractivity contribution is 0.543. The van der Waals surface area contributed by atoms with E-state index in [2.05, 4.69) is 40.6 Å². The normalized spacial score (nSPS) is 12.6. The maximum absolute atomic E-state index is 4.54. The van der Waals surface area contributed by atoms with Crippen molar-refractivity contribution in [2.45, 2.75) is 33.2 Å². The smallest absolute Gasteiger partial charge is 0.0897 e. The van der Waals surface area contributed by atoms with Crippen LogP contribution >= 0.6 is 11.3 Å². The minimum Gasteiger partial charge on any atom is -0.310 e. The summed E-state index contributed by atoms with van der Waals surface area (Å²) in [5.41, 5.74) is 3.59. The second kappa shape index (κ2) is 6.07. The Kier molecular flexibility index (Phi) is 4.44. The molecule has 1 N–H and O–H groups in total. The Morgan fingerprint density at radius 3 is 2.78 bits per heavy atom. The van der Waals surface area contributed by atoms with Gasteiger partial charge in [-0.25, -0.2) is 4.98 Å². The van der Waals surface area contributed by atoms with E-state index in [-0.39, 0.29) is 0 Å². The Morgan fingerprint density at radius 2 is 2.17 bits per heavy atom. The first kappa shape index (κ1) is 13.2. The van der Waals surface area contributed by atoms with E-state index in [1.165, 1.54) is 11.1 Å². The van der Waals surface area contributed by atoms with Gasteiger partial charge in [-0.1, -0.05) is 13.0 Å². The van der Waals surface area contributed by atoms with Gasteiger partial charge in [0.15, 0.2) is 0 Å². The average Bonchev–Trinajstić information content (AvgIpc) is 2.74. The van der Waals surface area contributed by atoms with Gasteiger partial charge >= 0.3 is 0 Å². The maximum atomic E-state index is 4.54. The minimum absolute atomic E-state index is 0.295. The van der Waals surface area contributed by atoms with Gasteiger partial charge in [0.25, 0.3) is 0 Å². The Labute approximate surface area is 112 Å². The van der Waals surface area contributed by atoms with Gasteiger partial charge in [-0.05, 0) is 31.5 Å². The molecule has 1 unspecified atom stereocenters. The molecule has 2 heterocycles. The van der Waals surface area contributed by atoms with Crippen LogP contribution in [0.3, 0.4) is 0 Å². The molecule has 2 aromatic heterocycles. The summed E-state index contributed by atoms with van der Waals surface area (Å²) in [4.78, 5) is 8.82. The molecule has 0 spiro atoms. The zero-order valence-electron chi connectivity index (χ0n) is 11.1. The summed E-state index contributed by atoms with van der Waals surface area (Å²) in [6.45, 7) is 7.20. The van der Waals surface area contributed by atoms with Gasteiger partial charge in [-0.2, -0.15) is 0 Å². The highest BCUT2D eigenvalue weighted by atomic mass is 32.1. The second-order valence-corrected chi connectivity index (χ2v) is 5.53. The van der Waals surface area contributed by atoms with Crippen LogP contribution < -0.4 is 5.32 Å². The number of aryl methyl sites for hydroxylation is 2. The summed E-state index contributed by atoms with van der Waals surface area (Å²) in [6, 6.07) is 2.49. The summed E-state index contributed by atoms with van der Waals surface area (Å²) < 4.78 is 0. The summed E-state index contributed by atoms with van der Waals surface area (Å²) in [5.74, 6) is 0. The lowest BCUT2D eigenvalue weighted by atomic mass is 10.0. The van der Waals surface area contributed by atoms with Crippen molar-refractivity contribution in [3.8, 4) is 0 Å². The predicted octanol–water partition coefficient (Wildman–Crippen LogP) is 3.05. The third kappa shape index (κ3) is 3.37. The van der Waals surface area contributed by atoms with Crippen molar-refractivity contribution in [3.05, 3.63) is 45.7 Å². The van der Waals surface area contributed by atoms with E-state index in [9.17, 15) is 0 Å². The van der Waals surface area contributed by atoms with Gasteiger partial charge in [-0.3, -0.25) is 4.98 Å². The summed E-state index contributed by atoms with van der Waals surface area (Å²) >= 11 is 1.71. The molecular formula is C14H19N3S. The monoisotopic (exact) mass is 261 g/mol. The largest absolute Gasteiger partial charge is 0.310 e. The third-order valence-electron chi connectivity index (χ3n) is 2.83. The lowest BCUT2D eigenvalue weighted by Crippen LogP contribution is -2.23. The Hall–Kier alpha value is -1.26. The number of nitrogens with one attached hydrogen (secondary N) is 1. The van der Waals surface area contributed by atoms with Gasteiger partial charge in [0.1, 0.15) is 0 Å². The van der Waals surface area contributed by atoms with Crippen LogP contribution in [0.1, 0.15) is 34.8 Å². The van der Waals surface area contributed by atoms with Gasteiger partial charge in [0, 0.05) is 30.2 Å². The van der Waals surface area contributed by atoms with Gasteiger partial charge in [0.05, 0.1) is 10.7 Å². The summed E-state index contributed by atoms with van der Waals surface area (Å²) in [6.07, 6.45) is 4.75. The molecule has 0 fully saturated rings. The number of hydrogen-bond acceptors (Lipinski definition) is 4. The molecular weight excluding hydrogens is 242 g/mol. The van der Waals surface area contributed by atoms with Crippen LogP contribution in [0.25, 0.3) is 0 Å². The molecule has 0 saturated carbocycles. The highest BCUT2D eigenvalue weighted by molar-refractivity contribution is 7.09. The molecule has 3 nitrogen and oxygen atoms in total. The molecule has 0 aromatic carbocycles. The first-order valence-corrected chi connectivity index (χ1v) is 7.13. The first-order valence-electron chi connectivity index (χ1n) is 6.25. The van der Waals surface area contributed by atoms with E-state index in [4.69, 9.17) is 0 Å². The van der Waals surface area contributed by atoms with E-state index < -0.39 is 0 Å². The van der Waals surface area contributed by atoms with Crippen molar-refractivity contribution in [3.63, 3.8) is 0 Å². The second-order valence-electron chi connectivity index (χ2n) is 4.47. The SMILES string of the molecule is CCNC(Cc1csc(C)n1)c1cncc(C)c1. The van der Waals surface area contributed by atoms with Crippen LogP contribution in [-0.4, -0.2) is 16.5 Å². The molecule has 4 heteroatoms. The predicted molar refractivity (Wildman–Crippen MR) is 75.9 cm³/mol. The molecule has 18 heavy (non-hydrogen) atoms. The Morgan fingerprint density at radius 1 is 1.33 bits per heavy atom. The topological polar surface area (TPSA) is 37.8 Å². The number of nitrogens with zero attached hydrogens (tertiary/aromatic N) is 2. The fraction of sp³-hybridized carbons (Fsp3) is 0.429. The van der Waals surface area contributed by atoms with Crippen molar-refractivity contribution < 1.29 is 0 Å². The minimum atomic E-state index is 0.295. The van der Waals surface area contributed by atoms with Gasteiger partial charge in [-0.15, -0.1) is 11.3 Å². The van der Waals surface area contributed by atoms with E-state index in [1.807, 2.05) is 19.3 Å². The molecule has 0 amide bonds. The number of thiazole rings is 1. The third-order valence-corrected chi connectivity index (χ3v) is 3.65. The molecule has 0 saturated heterocycles. The fourth-order valence-corrected chi connectivity index (χ4v) is 2.66. The average molecular weight is 261 g/mol. The van der Waals surface area contributed by atoms with E-state index >= 15 is 0 Å². The molecule has 2 rings (SSSR count). The zero-order valence-corrected chi connectivity index (χ0v) is 11.9. The van der Waals surface area contributed by atoms with Crippen LogP contribution in [0.15, 0.2) is 23.8 Å². The highest BCUT2D eigenvalue weighted by Crippen LogP contribution is 2.19. The highest BCUT2D eigenvalue weighted by Gasteiger charge is 2.13. The molecule has 0 aliphatic rings. The number of rotatable bonds is 5. The van der Waals surface area contributed by atoms with E-state index in [0.29, 0.717) is 6.04 Å². The molecule has 0 bridgehead atoms. The van der Waals surface area contributed by atoms with Crippen molar-refractivity contribution in [2.24, 2.45) is 0 Å². The van der Waals surface area contributed by atoms with Crippen LogP contribution in [0.5, 0.6) is 0 Å². The standard InChI is InChI=1S/C14H19N3S/c1-4-16-14(6-13-9-18-11(3)17-13)12-5-10(2)7-15-8-12/h5,7-9,14,16H,4,6H2,1-3H3. The fourth-order valence-electron chi connectivity index (χ4n) is 2.03. The van der Waals surface area contributed by atoms with Crippen molar-refractivity contribution in [1.29, 1.82) is 0 Å². The van der Waals surface area contributed by atoms with Crippen molar-refractivity contribution in [2.75, 3.05) is 6.54 Å². The van der Waals surface area contributed by atoms with E-state index in [0.717, 1.165) is 23.7 Å². The Balaban J connectivity index is 2.17. The first-order chi connectivity index (χ1) is 8.69. The van der Waals surface area contributed by atoms with Crippen LogP contribution in [0.2, 0.25) is 0 Å². The molecule has 0 aliphatic heterocycles. The van der Waals surface area contributed by atoms with E-state index in [1.54, 1.807) is 11.3 Å². The molecule has 1 atom stereocenters. The number of pyridine rings is 1. The molecule has 0 radical (unpaired) electrons. The van der Waals surface area contributed by atoms with Crippen LogP contribution in [0, 0.1) is 13.8 Å². The quantitative estimate of drug-likeness (QED) is 0.899. The van der Waals surface area contributed by atoms with Gasteiger partial charge in [0.2, 0.25) is 0 Å².